The molecule has 26 heavy (non-hydrogen) atoms. The third kappa shape index (κ3) is 4.16. The van der Waals surface area contributed by atoms with Crippen molar-refractivity contribution >= 4 is 21.6 Å². The van der Waals surface area contributed by atoms with Gasteiger partial charge < -0.3 is 10.1 Å². The predicted molar refractivity (Wildman–Crippen MR) is 103 cm³/mol. The molecule has 0 aliphatic carbocycles. The number of nitrogens with one attached hydrogen (secondary N) is 1. The van der Waals surface area contributed by atoms with Gasteiger partial charge in [-0.25, -0.2) is 8.42 Å². The number of amides is 1. The first-order valence-corrected chi connectivity index (χ1v) is 9.99. The molecule has 0 bridgehead atoms. The minimum absolute atomic E-state index is 0.269. The molecule has 2 rings (SSSR count). The molecule has 0 fully saturated rings. The molecule has 0 saturated heterocycles. The maximum absolute atomic E-state index is 12.8. The van der Waals surface area contributed by atoms with Crippen molar-refractivity contribution in [2.24, 2.45) is 0 Å². The van der Waals surface area contributed by atoms with Crippen LogP contribution in [0.15, 0.2) is 42.5 Å². The number of hydrogen-bond donors (Lipinski definition) is 1. The summed E-state index contributed by atoms with van der Waals surface area (Å²) in [5.41, 5.74) is 2.38. The van der Waals surface area contributed by atoms with Crippen molar-refractivity contribution in [2.45, 2.75) is 19.9 Å². The molecule has 0 radical (unpaired) electrons. The summed E-state index contributed by atoms with van der Waals surface area (Å²) in [6, 6.07) is 12.2. The Morgan fingerprint density at radius 3 is 2.42 bits per heavy atom. The highest BCUT2D eigenvalue weighted by molar-refractivity contribution is 7.92. The highest BCUT2D eigenvalue weighted by Gasteiger charge is 2.20. The lowest BCUT2D eigenvalue weighted by Gasteiger charge is -2.22. The maximum atomic E-state index is 12.8. The van der Waals surface area contributed by atoms with E-state index in [-0.39, 0.29) is 11.9 Å². The average molecular weight is 376 g/mol. The summed E-state index contributed by atoms with van der Waals surface area (Å²) in [5, 5.41) is 2.95. The lowest BCUT2D eigenvalue weighted by atomic mass is 10.0. The molecule has 1 atom stereocenters. The van der Waals surface area contributed by atoms with Gasteiger partial charge in [-0.2, -0.15) is 0 Å². The zero-order valence-electron chi connectivity index (χ0n) is 15.6. The van der Waals surface area contributed by atoms with Gasteiger partial charge in [0.05, 0.1) is 25.1 Å². The van der Waals surface area contributed by atoms with E-state index in [0.29, 0.717) is 22.6 Å². The number of nitrogens with zero attached hydrogens (tertiary/aromatic N) is 1. The number of methoxy groups -OCH3 is 1. The van der Waals surface area contributed by atoms with E-state index in [1.54, 1.807) is 32.2 Å². The molecular formula is C19H24N2O4S. The van der Waals surface area contributed by atoms with E-state index in [0.717, 1.165) is 11.8 Å². The van der Waals surface area contributed by atoms with Gasteiger partial charge >= 0.3 is 0 Å². The fourth-order valence-electron chi connectivity index (χ4n) is 2.77. The first-order valence-electron chi connectivity index (χ1n) is 8.14. The third-order valence-electron chi connectivity index (χ3n) is 4.34. The SMILES string of the molecule is COc1ccccc1[C@@H](C)NC(=O)c1cccc(N(C)S(C)(=O)=O)c1C. The largest absolute Gasteiger partial charge is 0.496 e. The van der Waals surface area contributed by atoms with Gasteiger partial charge in [0.2, 0.25) is 10.0 Å². The van der Waals surface area contributed by atoms with Crippen LogP contribution in [0.25, 0.3) is 0 Å². The minimum Gasteiger partial charge on any atom is -0.496 e. The van der Waals surface area contributed by atoms with E-state index in [9.17, 15) is 13.2 Å². The van der Waals surface area contributed by atoms with Crippen molar-refractivity contribution in [1.82, 2.24) is 5.32 Å². The summed E-state index contributed by atoms with van der Waals surface area (Å²) in [6.45, 7) is 3.61. The summed E-state index contributed by atoms with van der Waals surface area (Å²) in [6.07, 6.45) is 1.13. The quantitative estimate of drug-likeness (QED) is 0.841. The van der Waals surface area contributed by atoms with Crippen LogP contribution in [0.4, 0.5) is 5.69 Å². The second-order valence-corrected chi connectivity index (χ2v) is 8.13. The van der Waals surface area contributed by atoms with Gasteiger partial charge in [-0.1, -0.05) is 24.3 Å². The number of sulfonamides is 1. The molecule has 0 heterocycles. The molecule has 1 amide bonds. The van der Waals surface area contributed by atoms with Gasteiger partial charge in [-0.3, -0.25) is 9.10 Å². The lowest BCUT2D eigenvalue weighted by molar-refractivity contribution is 0.0939. The summed E-state index contributed by atoms with van der Waals surface area (Å²) >= 11 is 0. The van der Waals surface area contributed by atoms with Gasteiger partial charge in [0, 0.05) is 18.2 Å². The van der Waals surface area contributed by atoms with Crippen LogP contribution in [-0.4, -0.2) is 34.7 Å². The molecule has 0 saturated carbocycles. The number of ether oxygens (including phenoxy) is 1. The Morgan fingerprint density at radius 2 is 1.81 bits per heavy atom. The van der Waals surface area contributed by atoms with Crippen molar-refractivity contribution in [2.75, 3.05) is 24.7 Å². The highest BCUT2D eigenvalue weighted by Crippen LogP contribution is 2.27. The maximum Gasteiger partial charge on any atom is 0.252 e. The molecule has 0 unspecified atom stereocenters. The van der Waals surface area contributed by atoms with E-state index in [1.165, 1.54) is 11.4 Å². The zero-order chi connectivity index (χ0) is 19.5. The molecule has 2 aromatic carbocycles. The fourth-order valence-corrected chi connectivity index (χ4v) is 3.32. The van der Waals surface area contributed by atoms with Crippen LogP contribution in [-0.2, 0) is 10.0 Å². The second kappa shape index (κ2) is 7.78. The second-order valence-electron chi connectivity index (χ2n) is 6.12. The summed E-state index contributed by atoms with van der Waals surface area (Å²) in [7, 11) is -0.356. The molecule has 140 valence electrons. The Balaban J connectivity index is 2.30. The minimum atomic E-state index is -3.41. The Labute approximate surface area is 154 Å². The van der Waals surface area contributed by atoms with Gasteiger partial charge in [0.25, 0.3) is 5.91 Å². The Bertz CT molecular complexity index is 910. The first kappa shape index (κ1) is 19.8. The number of anilines is 1. The first-order chi connectivity index (χ1) is 12.2. The van der Waals surface area contributed by atoms with Crippen LogP contribution in [0.5, 0.6) is 5.75 Å². The molecule has 0 aliphatic rings. The van der Waals surface area contributed by atoms with Crippen LogP contribution >= 0.6 is 0 Å². The van der Waals surface area contributed by atoms with Crippen molar-refractivity contribution in [3.05, 3.63) is 59.2 Å². The molecule has 0 spiro atoms. The number of carbonyl (C=O) groups is 1. The van der Waals surface area contributed by atoms with Crippen LogP contribution in [0.2, 0.25) is 0 Å². The standard InChI is InChI=1S/C19H24N2O4S/c1-13-15(10-8-11-17(13)21(3)26(5,23)24)19(22)20-14(2)16-9-6-7-12-18(16)25-4/h6-12,14H,1-5H3,(H,20,22)/t14-/m1/s1. The van der Waals surface area contributed by atoms with Crippen LogP contribution < -0.4 is 14.4 Å². The zero-order valence-corrected chi connectivity index (χ0v) is 16.4. The van der Waals surface area contributed by atoms with E-state index in [1.807, 2.05) is 31.2 Å². The van der Waals surface area contributed by atoms with Gasteiger partial charge in [0.1, 0.15) is 5.75 Å². The van der Waals surface area contributed by atoms with Crippen LogP contribution in [0.1, 0.15) is 34.5 Å². The van der Waals surface area contributed by atoms with Gasteiger partial charge in [-0.05, 0) is 37.6 Å². The normalized spacial score (nSPS) is 12.3. The predicted octanol–water partition coefficient (Wildman–Crippen LogP) is 2.89. The number of para-hydroxylation sites is 1. The molecule has 0 aromatic heterocycles. The summed E-state index contributed by atoms with van der Waals surface area (Å²) in [5.74, 6) is 0.423. The Hall–Kier alpha value is -2.54. The number of hydrogen-bond acceptors (Lipinski definition) is 4. The third-order valence-corrected chi connectivity index (χ3v) is 5.53. The van der Waals surface area contributed by atoms with Gasteiger partial charge in [0.15, 0.2) is 0 Å². The van der Waals surface area contributed by atoms with Crippen molar-refractivity contribution < 1.29 is 17.9 Å². The molecule has 1 N–H and O–H groups in total. The van der Waals surface area contributed by atoms with Crippen molar-refractivity contribution in [3.8, 4) is 5.75 Å². The molecule has 0 aliphatic heterocycles. The molecule has 6 nitrogen and oxygen atoms in total. The van der Waals surface area contributed by atoms with Crippen molar-refractivity contribution in [3.63, 3.8) is 0 Å². The topological polar surface area (TPSA) is 75.7 Å². The van der Waals surface area contributed by atoms with E-state index in [2.05, 4.69) is 5.32 Å². The number of carbonyl (C=O) groups excluding carboxylic acids is 1. The average Bonchev–Trinajstić information content (AvgIpc) is 2.60. The molecule has 2 aromatic rings. The van der Waals surface area contributed by atoms with E-state index in [4.69, 9.17) is 4.74 Å². The fraction of sp³-hybridized carbons (Fsp3) is 0.316. The summed E-state index contributed by atoms with van der Waals surface area (Å²) < 4.78 is 30.1. The summed E-state index contributed by atoms with van der Waals surface area (Å²) in [4.78, 5) is 12.8. The van der Waals surface area contributed by atoms with Crippen LogP contribution in [0.3, 0.4) is 0 Å². The van der Waals surface area contributed by atoms with E-state index >= 15 is 0 Å². The lowest BCUT2D eigenvalue weighted by Crippen LogP contribution is -2.29. The number of rotatable bonds is 6. The van der Waals surface area contributed by atoms with E-state index < -0.39 is 10.0 Å². The monoisotopic (exact) mass is 376 g/mol. The van der Waals surface area contributed by atoms with Crippen molar-refractivity contribution in [1.29, 1.82) is 0 Å². The highest BCUT2D eigenvalue weighted by atomic mass is 32.2. The Kier molecular flexibility index (Phi) is 5.92. The Morgan fingerprint density at radius 1 is 1.15 bits per heavy atom. The van der Waals surface area contributed by atoms with Gasteiger partial charge in [-0.15, -0.1) is 0 Å². The molecule has 7 heteroatoms. The molecular weight excluding hydrogens is 352 g/mol. The van der Waals surface area contributed by atoms with Crippen LogP contribution in [0, 0.1) is 6.92 Å². The number of benzene rings is 2. The smallest absolute Gasteiger partial charge is 0.252 e.